The lowest BCUT2D eigenvalue weighted by molar-refractivity contribution is 0.197. The predicted octanol–water partition coefficient (Wildman–Crippen LogP) is 1.79. The van der Waals surface area contributed by atoms with Gasteiger partial charge in [-0.25, -0.2) is 8.42 Å². The Labute approximate surface area is 119 Å². The van der Waals surface area contributed by atoms with Gasteiger partial charge in [0, 0.05) is 25.8 Å². The van der Waals surface area contributed by atoms with E-state index in [1.165, 1.54) is 0 Å². The molecule has 0 bridgehead atoms. The molecule has 0 atom stereocenters. The summed E-state index contributed by atoms with van der Waals surface area (Å²) in [5, 5.41) is 0. The van der Waals surface area contributed by atoms with Gasteiger partial charge < -0.3 is 4.74 Å². The zero-order valence-electron chi connectivity index (χ0n) is 11.6. The Morgan fingerprint density at radius 3 is 2.60 bits per heavy atom. The van der Waals surface area contributed by atoms with Crippen LogP contribution in [0.2, 0.25) is 0 Å². The first-order valence-corrected chi connectivity index (χ1v) is 7.87. The standard InChI is InChI=1S/C14H18N2O3S/c1-11-13(12-7-4-3-5-8-12)20(17,18)16-14(11)15-9-6-10-19-2/h3-5,7-8H,6,9-10H2,1-2H3,(H,15,16). The highest BCUT2D eigenvalue weighted by Crippen LogP contribution is 2.29. The minimum absolute atomic E-state index is 0.309. The second-order valence-corrected chi connectivity index (χ2v) is 6.12. The van der Waals surface area contributed by atoms with E-state index in [1.54, 1.807) is 26.2 Å². The molecule has 2 rings (SSSR count). The van der Waals surface area contributed by atoms with Gasteiger partial charge in [-0.2, -0.15) is 0 Å². The maximum atomic E-state index is 12.2. The van der Waals surface area contributed by atoms with Crippen LogP contribution in [-0.2, 0) is 14.8 Å². The van der Waals surface area contributed by atoms with Crippen molar-refractivity contribution >= 4 is 20.8 Å². The number of nitrogens with one attached hydrogen (secondary N) is 1. The molecular weight excluding hydrogens is 276 g/mol. The summed E-state index contributed by atoms with van der Waals surface area (Å²) in [5.41, 5.74) is 1.34. The molecule has 1 heterocycles. The molecular formula is C14H18N2O3S. The normalized spacial score (nSPS) is 19.4. The van der Waals surface area contributed by atoms with E-state index in [0.717, 1.165) is 6.42 Å². The smallest absolute Gasteiger partial charge is 0.264 e. The van der Waals surface area contributed by atoms with E-state index in [4.69, 9.17) is 4.74 Å². The van der Waals surface area contributed by atoms with Crippen LogP contribution in [-0.4, -0.2) is 34.5 Å². The number of ether oxygens (including phenoxy) is 1. The number of rotatable bonds is 5. The van der Waals surface area contributed by atoms with Gasteiger partial charge in [-0.15, -0.1) is 0 Å². The van der Waals surface area contributed by atoms with Gasteiger partial charge in [0.2, 0.25) is 0 Å². The molecule has 108 valence electrons. The van der Waals surface area contributed by atoms with E-state index in [-0.39, 0.29) is 0 Å². The van der Waals surface area contributed by atoms with Gasteiger partial charge >= 0.3 is 0 Å². The summed E-state index contributed by atoms with van der Waals surface area (Å²) in [6, 6.07) is 9.06. The fraction of sp³-hybridized carbons (Fsp3) is 0.357. The molecule has 0 radical (unpaired) electrons. The highest BCUT2D eigenvalue weighted by atomic mass is 32.2. The first-order chi connectivity index (χ1) is 9.56. The lowest BCUT2D eigenvalue weighted by Crippen LogP contribution is -2.23. The number of hydrogen-bond donors (Lipinski definition) is 1. The summed E-state index contributed by atoms with van der Waals surface area (Å²) in [6.07, 6.45) is 0.760. The number of methoxy groups -OCH3 is 1. The fourth-order valence-electron chi connectivity index (χ4n) is 2.08. The van der Waals surface area contributed by atoms with Crippen LogP contribution in [0.25, 0.3) is 4.91 Å². The van der Waals surface area contributed by atoms with Crippen molar-refractivity contribution in [2.45, 2.75) is 13.3 Å². The molecule has 1 aliphatic rings. The molecule has 0 fully saturated rings. The molecule has 20 heavy (non-hydrogen) atoms. The maximum absolute atomic E-state index is 12.2. The van der Waals surface area contributed by atoms with Crippen LogP contribution >= 0.6 is 0 Å². The van der Waals surface area contributed by atoms with Crippen molar-refractivity contribution in [3.63, 3.8) is 0 Å². The second kappa shape index (κ2) is 6.19. The molecule has 6 heteroatoms. The summed E-state index contributed by atoms with van der Waals surface area (Å²) >= 11 is 0. The van der Waals surface area contributed by atoms with Gasteiger partial charge in [0.15, 0.2) is 0 Å². The second-order valence-electron chi connectivity index (χ2n) is 4.50. The average Bonchev–Trinajstić information content (AvgIpc) is 2.65. The van der Waals surface area contributed by atoms with E-state index < -0.39 is 10.0 Å². The van der Waals surface area contributed by atoms with Gasteiger partial charge in [-0.1, -0.05) is 30.3 Å². The van der Waals surface area contributed by atoms with E-state index >= 15 is 0 Å². The first kappa shape index (κ1) is 14.7. The molecule has 0 aliphatic carbocycles. The van der Waals surface area contributed by atoms with Crippen LogP contribution in [0.4, 0.5) is 0 Å². The van der Waals surface area contributed by atoms with Crippen molar-refractivity contribution in [2.24, 2.45) is 4.99 Å². The van der Waals surface area contributed by atoms with Crippen LogP contribution in [0.5, 0.6) is 0 Å². The summed E-state index contributed by atoms with van der Waals surface area (Å²) in [6.45, 7) is 2.91. The summed E-state index contributed by atoms with van der Waals surface area (Å²) in [7, 11) is -1.88. The molecule has 5 nitrogen and oxygen atoms in total. The largest absolute Gasteiger partial charge is 0.385 e. The highest BCUT2D eigenvalue weighted by molar-refractivity contribution is 8.00. The Bertz CT molecular complexity index is 634. The van der Waals surface area contributed by atoms with E-state index in [1.807, 2.05) is 18.2 Å². The van der Waals surface area contributed by atoms with Crippen molar-refractivity contribution in [1.82, 2.24) is 4.72 Å². The summed E-state index contributed by atoms with van der Waals surface area (Å²) < 4.78 is 31.9. The van der Waals surface area contributed by atoms with Gasteiger partial charge in [-0.05, 0) is 18.9 Å². The number of benzene rings is 1. The third kappa shape index (κ3) is 3.08. The summed E-state index contributed by atoms with van der Waals surface area (Å²) in [5.74, 6) is 0.431. The van der Waals surface area contributed by atoms with Crippen LogP contribution in [0.15, 0.2) is 40.9 Å². The van der Waals surface area contributed by atoms with E-state index in [2.05, 4.69) is 9.71 Å². The van der Waals surface area contributed by atoms with Crippen molar-refractivity contribution < 1.29 is 13.2 Å². The van der Waals surface area contributed by atoms with Crippen molar-refractivity contribution in [1.29, 1.82) is 0 Å². The Balaban J connectivity index is 2.31. The maximum Gasteiger partial charge on any atom is 0.264 e. The lowest BCUT2D eigenvalue weighted by Gasteiger charge is -2.02. The topological polar surface area (TPSA) is 67.8 Å². The SMILES string of the molecule is COCCCN=C1NS(=O)(=O)C(c2ccccc2)=C1C. The minimum Gasteiger partial charge on any atom is -0.385 e. The van der Waals surface area contributed by atoms with Crippen LogP contribution in [0.1, 0.15) is 18.9 Å². The summed E-state index contributed by atoms with van der Waals surface area (Å²) in [4.78, 5) is 4.61. The minimum atomic E-state index is -3.51. The highest BCUT2D eigenvalue weighted by Gasteiger charge is 2.32. The zero-order valence-corrected chi connectivity index (χ0v) is 12.4. The number of sulfonamides is 1. The van der Waals surface area contributed by atoms with Gasteiger partial charge in [-0.3, -0.25) is 9.71 Å². The van der Waals surface area contributed by atoms with Crippen LogP contribution < -0.4 is 4.72 Å². The molecule has 0 saturated heterocycles. The van der Waals surface area contributed by atoms with Crippen molar-refractivity contribution in [2.75, 3.05) is 20.3 Å². The molecule has 0 saturated carbocycles. The fourth-order valence-corrected chi connectivity index (χ4v) is 3.60. The monoisotopic (exact) mass is 294 g/mol. The Morgan fingerprint density at radius 1 is 1.25 bits per heavy atom. The lowest BCUT2D eigenvalue weighted by atomic mass is 10.1. The molecule has 0 amide bonds. The molecule has 0 spiro atoms. The third-order valence-corrected chi connectivity index (χ3v) is 4.55. The molecule has 1 aromatic rings. The van der Waals surface area contributed by atoms with E-state index in [9.17, 15) is 8.42 Å². The number of aliphatic imine (C=N–C) groups is 1. The Hall–Kier alpha value is -1.66. The number of hydrogen-bond acceptors (Lipinski definition) is 4. The van der Waals surface area contributed by atoms with E-state index in [0.29, 0.717) is 35.0 Å². The predicted molar refractivity (Wildman–Crippen MR) is 79.9 cm³/mol. The van der Waals surface area contributed by atoms with Crippen molar-refractivity contribution in [3.8, 4) is 0 Å². The molecule has 1 aromatic carbocycles. The quantitative estimate of drug-likeness (QED) is 0.842. The molecule has 1 N–H and O–H groups in total. The van der Waals surface area contributed by atoms with Gasteiger partial charge in [0.25, 0.3) is 10.0 Å². The number of nitrogens with zero attached hydrogens (tertiary/aromatic N) is 1. The molecule has 0 unspecified atom stereocenters. The number of amidine groups is 1. The third-order valence-electron chi connectivity index (χ3n) is 3.01. The first-order valence-electron chi connectivity index (χ1n) is 6.39. The average molecular weight is 294 g/mol. The Morgan fingerprint density at radius 2 is 1.95 bits per heavy atom. The molecule has 0 aromatic heterocycles. The van der Waals surface area contributed by atoms with Gasteiger partial charge in [0.1, 0.15) is 10.7 Å². The van der Waals surface area contributed by atoms with Crippen LogP contribution in [0, 0.1) is 0 Å². The van der Waals surface area contributed by atoms with Crippen LogP contribution in [0.3, 0.4) is 0 Å². The van der Waals surface area contributed by atoms with Gasteiger partial charge in [0.05, 0.1) is 0 Å². The molecule has 1 aliphatic heterocycles. The zero-order chi connectivity index (χ0) is 14.6. The van der Waals surface area contributed by atoms with Crippen molar-refractivity contribution in [3.05, 3.63) is 41.5 Å². The Kier molecular flexibility index (Phi) is 4.57.